The Morgan fingerprint density at radius 1 is 0.844 bits per heavy atom. The number of piperidine rings is 1. The van der Waals surface area contributed by atoms with Gasteiger partial charge < -0.3 is 29.3 Å². The molecule has 2 fully saturated rings. The Hall–Kier alpha value is -5.12. The summed E-state index contributed by atoms with van der Waals surface area (Å²) in [6.45, 7) is 4.68. The number of piperazine rings is 1. The number of ether oxygens (including phenoxy) is 1. The number of nitrogens with zero attached hydrogens (tertiary/aromatic N) is 5. The van der Waals surface area contributed by atoms with Crippen molar-refractivity contribution in [2.24, 2.45) is 5.92 Å². The molecule has 0 radical (unpaired) electrons. The normalized spacial score (nSPS) is 19.1. The lowest BCUT2D eigenvalue weighted by atomic mass is 9.83. The van der Waals surface area contributed by atoms with Gasteiger partial charge in [-0.25, -0.2) is 0 Å². The highest BCUT2D eigenvalue weighted by Crippen LogP contribution is 2.39. The number of hydrogen-bond acceptors (Lipinski definition) is 7. The van der Waals surface area contributed by atoms with Crippen molar-refractivity contribution >= 4 is 28.9 Å². The molecule has 2 atom stereocenters. The van der Waals surface area contributed by atoms with Gasteiger partial charge in [-0.1, -0.05) is 18.2 Å². The summed E-state index contributed by atoms with van der Waals surface area (Å²) in [4.78, 5) is 50.2. The molecule has 5 heterocycles. The Morgan fingerprint density at radius 2 is 1.69 bits per heavy atom. The van der Waals surface area contributed by atoms with Gasteiger partial charge in [0.05, 0.1) is 29.7 Å². The lowest BCUT2D eigenvalue weighted by Gasteiger charge is -2.44. The number of hydrogen-bond donors (Lipinski definition) is 1. The van der Waals surface area contributed by atoms with E-state index in [2.05, 4.69) is 20.1 Å². The Kier molecular flexibility index (Phi) is 7.71. The van der Waals surface area contributed by atoms with Gasteiger partial charge >= 0.3 is 0 Å². The van der Waals surface area contributed by atoms with E-state index in [1.807, 2.05) is 58.0 Å². The minimum atomic E-state index is -0.284. The molecule has 0 unspecified atom stereocenters. The first-order valence-corrected chi connectivity index (χ1v) is 15.5. The summed E-state index contributed by atoms with van der Waals surface area (Å²) >= 11 is 0. The van der Waals surface area contributed by atoms with Crippen molar-refractivity contribution in [1.29, 1.82) is 0 Å². The molecule has 7 rings (SSSR count). The molecule has 4 aromatic rings. The van der Waals surface area contributed by atoms with Crippen LogP contribution in [0, 0.1) is 5.92 Å². The number of para-hydroxylation sites is 2. The van der Waals surface area contributed by atoms with E-state index in [0.717, 1.165) is 35.8 Å². The fourth-order valence-electron chi connectivity index (χ4n) is 7.05. The molecule has 230 valence electrons. The van der Waals surface area contributed by atoms with Gasteiger partial charge in [-0.15, -0.1) is 0 Å². The highest BCUT2D eigenvalue weighted by molar-refractivity contribution is 6.07. The molecular formula is C35H36N6O4. The van der Waals surface area contributed by atoms with E-state index in [4.69, 9.17) is 4.74 Å². The molecule has 2 saturated heterocycles. The van der Waals surface area contributed by atoms with Gasteiger partial charge in [0, 0.05) is 81.4 Å². The van der Waals surface area contributed by atoms with Crippen molar-refractivity contribution in [3.8, 4) is 5.75 Å². The van der Waals surface area contributed by atoms with Crippen LogP contribution in [-0.2, 0) is 6.54 Å². The number of fused-ring (bicyclic) bond motifs is 4. The van der Waals surface area contributed by atoms with Crippen molar-refractivity contribution < 1.29 is 14.3 Å². The summed E-state index contributed by atoms with van der Waals surface area (Å²) in [6, 6.07) is 22.5. The van der Waals surface area contributed by atoms with E-state index < -0.39 is 0 Å². The second-order valence-corrected chi connectivity index (χ2v) is 12.0. The van der Waals surface area contributed by atoms with Gasteiger partial charge in [0.2, 0.25) is 0 Å². The van der Waals surface area contributed by atoms with Crippen LogP contribution in [-0.4, -0.2) is 72.6 Å². The number of nitrogens with one attached hydrogen (secondary N) is 1. The third kappa shape index (κ3) is 5.63. The standard InChI is InChI=1S/C35H36N6O4/c1-45-32-9-3-2-7-31(32)38-14-16-39(17-15-38)35(44)25-11-12-30(28(19-25)37-34(43)26-6-5-13-36-20-26)40-21-24-18-27(23-40)29-8-4-10-33(42)41(29)22-24/h2-13,19-20,24,27H,14-18,21-23H2,1H3,(H,37,43)/t24-,27+/m1/s1. The van der Waals surface area contributed by atoms with E-state index in [1.165, 1.54) is 6.20 Å². The van der Waals surface area contributed by atoms with Crippen molar-refractivity contribution in [2.75, 3.05) is 61.5 Å². The van der Waals surface area contributed by atoms with Crippen LogP contribution >= 0.6 is 0 Å². The third-order valence-corrected chi connectivity index (χ3v) is 9.23. The largest absolute Gasteiger partial charge is 0.495 e. The zero-order valence-corrected chi connectivity index (χ0v) is 25.3. The summed E-state index contributed by atoms with van der Waals surface area (Å²) in [5, 5.41) is 3.09. The Morgan fingerprint density at radius 3 is 2.49 bits per heavy atom. The number of anilines is 3. The van der Waals surface area contributed by atoms with E-state index >= 15 is 0 Å². The average Bonchev–Trinajstić information content (AvgIpc) is 3.09. The van der Waals surface area contributed by atoms with E-state index in [9.17, 15) is 14.4 Å². The summed E-state index contributed by atoms with van der Waals surface area (Å²) < 4.78 is 7.46. The molecule has 2 amide bonds. The maximum Gasteiger partial charge on any atom is 0.257 e. The first-order valence-electron chi connectivity index (χ1n) is 15.5. The molecule has 10 heteroatoms. The Bertz CT molecular complexity index is 1780. The smallest absolute Gasteiger partial charge is 0.257 e. The first kappa shape index (κ1) is 28.6. The molecule has 3 aliphatic rings. The summed E-state index contributed by atoms with van der Waals surface area (Å²) in [5.74, 6) is 0.975. The Balaban J connectivity index is 1.14. The molecule has 3 aliphatic heterocycles. The van der Waals surface area contributed by atoms with Gasteiger partial charge in [-0.2, -0.15) is 0 Å². The molecule has 10 nitrogen and oxygen atoms in total. The van der Waals surface area contributed by atoms with Gasteiger partial charge in [-0.05, 0) is 60.9 Å². The Labute approximate surface area is 261 Å². The van der Waals surface area contributed by atoms with Crippen LogP contribution < -0.4 is 25.4 Å². The highest BCUT2D eigenvalue weighted by Gasteiger charge is 2.35. The van der Waals surface area contributed by atoms with Gasteiger partial charge in [0.25, 0.3) is 17.4 Å². The van der Waals surface area contributed by atoms with Crippen LogP contribution in [0.1, 0.15) is 38.7 Å². The molecule has 2 aromatic heterocycles. The van der Waals surface area contributed by atoms with Gasteiger partial charge in [0.15, 0.2) is 0 Å². The van der Waals surface area contributed by atoms with Crippen molar-refractivity contribution in [3.63, 3.8) is 0 Å². The third-order valence-electron chi connectivity index (χ3n) is 9.23. The molecular weight excluding hydrogens is 568 g/mol. The molecule has 0 spiro atoms. The zero-order chi connectivity index (χ0) is 30.9. The number of methoxy groups -OCH3 is 1. The van der Waals surface area contributed by atoms with E-state index in [0.29, 0.717) is 62.0 Å². The van der Waals surface area contributed by atoms with Crippen LogP contribution in [0.4, 0.5) is 17.1 Å². The van der Waals surface area contributed by atoms with Crippen molar-refractivity contribution in [1.82, 2.24) is 14.5 Å². The molecule has 0 aliphatic carbocycles. The summed E-state index contributed by atoms with van der Waals surface area (Å²) in [5.41, 5.74) is 4.56. The first-order chi connectivity index (χ1) is 22.0. The lowest BCUT2D eigenvalue weighted by molar-refractivity contribution is 0.0746. The summed E-state index contributed by atoms with van der Waals surface area (Å²) in [7, 11) is 1.67. The molecule has 2 bridgehead atoms. The predicted molar refractivity (Wildman–Crippen MR) is 174 cm³/mol. The van der Waals surface area contributed by atoms with Crippen LogP contribution in [0.15, 0.2) is 90.0 Å². The second kappa shape index (κ2) is 12.1. The minimum Gasteiger partial charge on any atom is -0.495 e. The number of rotatable bonds is 6. The van der Waals surface area contributed by atoms with Crippen LogP contribution in [0.3, 0.4) is 0 Å². The quantitative estimate of drug-likeness (QED) is 0.354. The monoisotopic (exact) mass is 604 g/mol. The highest BCUT2D eigenvalue weighted by atomic mass is 16.5. The van der Waals surface area contributed by atoms with Crippen LogP contribution in [0.2, 0.25) is 0 Å². The minimum absolute atomic E-state index is 0.0478. The second-order valence-electron chi connectivity index (χ2n) is 12.0. The average molecular weight is 605 g/mol. The molecule has 1 N–H and O–H groups in total. The number of carbonyl (C=O) groups is 2. The van der Waals surface area contributed by atoms with E-state index in [-0.39, 0.29) is 23.3 Å². The predicted octanol–water partition coefficient (Wildman–Crippen LogP) is 4.09. The number of pyridine rings is 2. The van der Waals surface area contributed by atoms with E-state index in [1.54, 1.807) is 37.6 Å². The maximum atomic E-state index is 13.8. The molecule has 0 saturated carbocycles. The van der Waals surface area contributed by atoms with Crippen LogP contribution in [0.5, 0.6) is 5.75 Å². The number of carbonyl (C=O) groups excluding carboxylic acids is 2. The summed E-state index contributed by atoms with van der Waals surface area (Å²) in [6.07, 6.45) is 4.19. The SMILES string of the molecule is COc1ccccc1N1CCN(C(=O)c2ccc(N3C[C@H]4C[C@@H](C3)c3cccc(=O)n3C4)c(NC(=O)c3cccnc3)c2)CC1. The zero-order valence-electron chi connectivity index (χ0n) is 25.3. The van der Waals surface area contributed by atoms with Crippen molar-refractivity contribution in [2.45, 2.75) is 18.9 Å². The van der Waals surface area contributed by atoms with Gasteiger partial charge in [0.1, 0.15) is 5.75 Å². The van der Waals surface area contributed by atoms with Crippen LogP contribution in [0.25, 0.3) is 0 Å². The topological polar surface area (TPSA) is 100 Å². The maximum absolute atomic E-state index is 13.8. The van der Waals surface area contributed by atoms with Gasteiger partial charge in [-0.3, -0.25) is 19.4 Å². The van der Waals surface area contributed by atoms with Crippen molar-refractivity contribution in [3.05, 3.63) is 112 Å². The fraction of sp³-hybridized carbons (Fsp3) is 0.314. The number of amides is 2. The number of aromatic nitrogens is 2. The molecule has 45 heavy (non-hydrogen) atoms. The lowest BCUT2D eigenvalue weighted by Crippen LogP contribution is -2.49. The number of benzene rings is 2. The molecule has 2 aromatic carbocycles. The fourth-order valence-corrected chi connectivity index (χ4v) is 7.05.